The van der Waals surface area contributed by atoms with E-state index in [2.05, 4.69) is 41.7 Å². The van der Waals surface area contributed by atoms with Gasteiger partial charge in [-0.05, 0) is 17.2 Å². The van der Waals surface area contributed by atoms with Crippen molar-refractivity contribution in [3.8, 4) is 0 Å². The van der Waals surface area contributed by atoms with Gasteiger partial charge in [0.15, 0.2) is 0 Å². The number of hydrogen-bond donors (Lipinski definition) is 1. The Balaban J connectivity index is 1.90. The van der Waals surface area contributed by atoms with Crippen LogP contribution >= 0.6 is 0 Å². The van der Waals surface area contributed by atoms with Crippen LogP contribution in [-0.2, 0) is 6.54 Å². The van der Waals surface area contributed by atoms with Crippen molar-refractivity contribution < 1.29 is 4.42 Å². The second kappa shape index (κ2) is 3.72. The number of fused-ring (bicyclic) bond motifs is 2. The molecule has 2 aromatic carbocycles. The van der Waals surface area contributed by atoms with Crippen LogP contribution in [0, 0.1) is 0 Å². The smallest absolute Gasteiger partial charge is 0.134 e. The van der Waals surface area contributed by atoms with Crippen LogP contribution in [0.3, 0.4) is 0 Å². The van der Waals surface area contributed by atoms with Gasteiger partial charge in [0.1, 0.15) is 5.58 Å². The molecule has 1 aliphatic heterocycles. The molecular formula is C16H13NO. The number of benzene rings is 2. The first-order chi connectivity index (χ1) is 8.93. The molecule has 1 aromatic heterocycles. The predicted molar refractivity (Wildman–Crippen MR) is 71.3 cm³/mol. The molecule has 1 unspecified atom stereocenters. The molecule has 0 spiro atoms. The molecule has 0 aliphatic carbocycles. The van der Waals surface area contributed by atoms with Crippen molar-refractivity contribution in [2.75, 3.05) is 0 Å². The normalized spacial score (nSPS) is 18.1. The number of para-hydroxylation sites is 1. The van der Waals surface area contributed by atoms with Gasteiger partial charge in [0.05, 0.1) is 12.3 Å². The predicted octanol–water partition coefficient (Wildman–Crippen LogP) is 3.63. The fraction of sp³-hybridized carbons (Fsp3) is 0.125. The van der Waals surface area contributed by atoms with Crippen molar-refractivity contribution in [3.63, 3.8) is 0 Å². The highest BCUT2D eigenvalue weighted by Crippen LogP contribution is 2.35. The van der Waals surface area contributed by atoms with Gasteiger partial charge in [0.2, 0.25) is 0 Å². The first kappa shape index (κ1) is 9.92. The third-order valence-electron chi connectivity index (χ3n) is 3.68. The highest BCUT2D eigenvalue weighted by atomic mass is 16.3. The van der Waals surface area contributed by atoms with E-state index in [1.807, 2.05) is 18.4 Å². The van der Waals surface area contributed by atoms with E-state index in [4.69, 9.17) is 4.42 Å². The number of hydrogen-bond acceptors (Lipinski definition) is 2. The molecule has 0 bridgehead atoms. The fourth-order valence-electron chi connectivity index (χ4n) is 2.80. The summed E-state index contributed by atoms with van der Waals surface area (Å²) in [5.74, 6) is 0. The summed E-state index contributed by atoms with van der Waals surface area (Å²) in [4.78, 5) is 0. The quantitative estimate of drug-likeness (QED) is 0.696. The molecule has 3 aromatic rings. The Morgan fingerprint density at radius 1 is 0.944 bits per heavy atom. The van der Waals surface area contributed by atoms with Crippen molar-refractivity contribution in [1.29, 1.82) is 0 Å². The summed E-state index contributed by atoms with van der Waals surface area (Å²) < 4.78 is 5.64. The topological polar surface area (TPSA) is 25.2 Å². The Morgan fingerprint density at radius 3 is 2.78 bits per heavy atom. The molecule has 4 rings (SSSR count). The van der Waals surface area contributed by atoms with E-state index >= 15 is 0 Å². The zero-order valence-electron chi connectivity index (χ0n) is 9.89. The van der Waals surface area contributed by atoms with Crippen molar-refractivity contribution in [2.24, 2.45) is 0 Å². The minimum atomic E-state index is 0.254. The summed E-state index contributed by atoms with van der Waals surface area (Å²) >= 11 is 0. The third kappa shape index (κ3) is 1.33. The molecule has 1 aliphatic rings. The molecular weight excluding hydrogens is 222 g/mol. The lowest BCUT2D eigenvalue weighted by molar-refractivity contribution is 0.594. The van der Waals surface area contributed by atoms with Crippen LogP contribution in [0.2, 0.25) is 0 Å². The van der Waals surface area contributed by atoms with Crippen molar-refractivity contribution in [3.05, 3.63) is 71.5 Å². The third-order valence-corrected chi connectivity index (χ3v) is 3.68. The molecule has 0 saturated heterocycles. The lowest BCUT2D eigenvalue weighted by Crippen LogP contribution is -2.12. The van der Waals surface area contributed by atoms with Gasteiger partial charge < -0.3 is 9.73 Å². The van der Waals surface area contributed by atoms with Crippen LogP contribution in [-0.4, -0.2) is 0 Å². The van der Waals surface area contributed by atoms with Crippen LogP contribution in [0.4, 0.5) is 0 Å². The molecule has 18 heavy (non-hydrogen) atoms. The van der Waals surface area contributed by atoms with Gasteiger partial charge in [-0.3, -0.25) is 0 Å². The second-order valence-electron chi connectivity index (χ2n) is 4.70. The van der Waals surface area contributed by atoms with Gasteiger partial charge in [0.25, 0.3) is 0 Å². The molecule has 0 saturated carbocycles. The standard InChI is InChI=1S/C16H13NO/c1-2-6-12-11(5-1)9-17-16(12)14-10-18-15-8-4-3-7-13(14)15/h1-8,10,16-17H,9H2. The Labute approximate surface area is 105 Å². The average Bonchev–Trinajstić information content (AvgIpc) is 3.01. The van der Waals surface area contributed by atoms with Crippen LogP contribution in [0.1, 0.15) is 22.7 Å². The van der Waals surface area contributed by atoms with Crippen LogP contribution in [0.25, 0.3) is 11.0 Å². The molecule has 1 N–H and O–H groups in total. The van der Waals surface area contributed by atoms with Gasteiger partial charge in [0, 0.05) is 17.5 Å². The minimum Gasteiger partial charge on any atom is -0.464 e. The molecule has 0 radical (unpaired) electrons. The van der Waals surface area contributed by atoms with E-state index in [1.54, 1.807) is 0 Å². The molecule has 2 nitrogen and oxygen atoms in total. The Morgan fingerprint density at radius 2 is 1.78 bits per heavy atom. The summed E-state index contributed by atoms with van der Waals surface area (Å²) in [5.41, 5.74) is 4.94. The second-order valence-corrected chi connectivity index (χ2v) is 4.70. The average molecular weight is 235 g/mol. The van der Waals surface area contributed by atoms with Crippen LogP contribution in [0.5, 0.6) is 0 Å². The lowest BCUT2D eigenvalue weighted by atomic mass is 9.98. The maximum atomic E-state index is 5.64. The number of rotatable bonds is 1. The Bertz CT molecular complexity index is 714. The van der Waals surface area contributed by atoms with Gasteiger partial charge in [-0.15, -0.1) is 0 Å². The molecule has 2 heteroatoms. The first-order valence-corrected chi connectivity index (χ1v) is 6.21. The first-order valence-electron chi connectivity index (χ1n) is 6.21. The summed E-state index contributed by atoms with van der Waals surface area (Å²) in [7, 11) is 0. The SMILES string of the molecule is c1ccc2c(c1)CNC2c1coc2ccccc12. The molecule has 2 heterocycles. The van der Waals surface area contributed by atoms with Gasteiger partial charge in [-0.1, -0.05) is 42.5 Å². The van der Waals surface area contributed by atoms with E-state index in [-0.39, 0.29) is 6.04 Å². The van der Waals surface area contributed by atoms with Crippen LogP contribution in [0.15, 0.2) is 59.2 Å². The molecule has 1 atom stereocenters. The minimum absolute atomic E-state index is 0.254. The maximum Gasteiger partial charge on any atom is 0.134 e. The monoisotopic (exact) mass is 235 g/mol. The van der Waals surface area contributed by atoms with E-state index in [0.29, 0.717) is 0 Å². The Hall–Kier alpha value is -2.06. The summed E-state index contributed by atoms with van der Waals surface area (Å²) in [6.45, 7) is 0.931. The van der Waals surface area contributed by atoms with Crippen molar-refractivity contribution >= 4 is 11.0 Å². The molecule has 0 amide bonds. The lowest BCUT2D eigenvalue weighted by Gasteiger charge is -2.10. The zero-order valence-corrected chi connectivity index (χ0v) is 9.89. The van der Waals surface area contributed by atoms with E-state index in [9.17, 15) is 0 Å². The van der Waals surface area contributed by atoms with Crippen LogP contribution < -0.4 is 5.32 Å². The van der Waals surface area contributed by atoms with Crippen molar-refractivity contribution in [1.82, 2.24) is 5.32 Å². The number of furan rings is 1. The van der Waals surface area contributed by atoms with Gasteiger partial charge in [-0.25, -0.2) is 0 Å². The van der Waals surface area contributed by atoms with E-state index < -0.39 is 0 Å². The highest BCUT2D eigenvalue weighted by molar-refractivity contribution is 5.82. The zero-order chi connectivity index (χ0) is 11.9. The highest BCUT2D eigenvalue weighted by Gasteiger charge is 2.25. The Kier molecular flexibility index (Phi) is 2.05. The summed E-state index contributed by atoms with van der Waals surface area (Å²) in [5, 5.41) is 4.76. The van der Waals surface area contributed by atoms with E-state index in [1.165, 1.54) is 22.1 Å². The molecule has 0 fully saturated rings. The van der Waals surface area contributed by atoms with Gasteiger partial charge in [-0.2, -0.15) is 0 Å². The maximum absolute atomic E-state index is 5.64. The fourth-order valence-corrected chi connectivity index (χ4v) is 2.80. The summed E-state index contributed by atoms with van der Waals surface area (Å²) in [6, 6.07) is 17.0. The largest absolute Gasteiger partial charge is 0.464 e. The van der Waals surface area contributed by atoms with Gasteiger partial charge >= 0.3 is 0 Å². The van der Waals surface area contributed by atoms with Crippen molar-refractivity contribution in [2.45, 2.75) is 12.6 Å². The number of nitrogens with one attached hydrogen (secondary N) is 1. The van der Waals surface area contributed by atoms with E-state index in [0.717, 1.165) is 12.1 Å². The molecule has 88 valence electrons. The summed E-state index contributed by atoms with van der Waals surface area (Å²) in [6.07, 6.45) is 1.88.